The van der Waals surface area contributed by atoms with Crippen LogP contribution in [0.3, 0.4) is 0 Å². The molecular weight excluding hydrogens is 374 g/mol. The molecule has 0 bridgehead atoms. The summed E-state index contributed by atoms with van der Waals surface area (Å²) in [6, 6.07) is 12.8. The van der Waals surface area contributed by atoms with Gasteiger partial charge in [0, 0.05) is 23.6 Å². The molecule has 0 spiro atoms. The Kier molecular flexibility index (Phi) is 4.82. The largest absolute Gasteiger partial charge is 0.506 e. The van der Waals surface area contributed by atoms with Crippen molar-refractivity contribution in [3.63, 3.8) is 0 Å². The Morgan fingerprint density at radius 2 is 1.79 bits per heavy atom. The van der Waals surface area contributed by atoms with Crippen LogP contribution < -0.4 is 0 Å². The minimum absolute atomic E-state index is 0.0131. The second-order valence-electron chi connectivity index (χ2n) is 6.64. The third kappa shape index (κ3) is 3.25. The predicted molar refractivity (Wildman–Crippen MR) is 103 cm³/mol. The number of hydrogen-bond acceptors (Lipinski definition) is 7. The molecule has 7 heteroatoms. The van der Waals surface area contributed by atoms with Crippen molar-refractivity contribution >= 4 is 28.4 Å². The summed E-state index contributed by atoms with van der Waals surface area (Å²) in [6.07, 6.45) is 0. The van der Waals surface area contributed by atoms with Crippen LogP contribution in [-0.4, -0.2) is 47.9 Å². The lowest BCUT2D eigenvalue weighted by Crippen LogP contribution is -2.15. The number of rotatable bonds is 5. The minimum Gasteiger partial charge on any atom is -0.506 e. The summed E-state index contributed by atoms with van der Waals surface area (Å²) < 4.78 is 9.89. The van der Waals surface area contributed by atoms with Gasteiger partial charge in [-0.1, -0.05) is 18.2 Å². The molecule has 1 heterocycles. The summed E-state index contributed by atoms with van der Waals surface area (Å²) in [7, 11) is 1.49. The molecule has 1 aliphatic carbocycles. The molecule has 146 valence electrons. The molecule has 7 nitrogen and oxygen atoms in total. The standard InChI is InChI=1S/C22H17NO6/c1-28-8-9-29-22(27)13-6-7-14-15(10-13)21(26)18(20(14)25)19-17(24)11-12-4-2-3-5-16(12)23-19/h2-7,10-11,18,24H,8-9H2,1H3. The Morgan fingerprint density at radius 3 is 2.59 bits per heavy atom. The zero-order chi connectivity index (χ0) is 20.5. The fourth-order valence-corrected chi connectivity index (χ4v) is 3.40. The number of nitrogens with zero attached hydrogens (tertiary/aromatic N) is 1. The molecule has 0 saturated heterocycles. The van der Waals surface area contributed by atoms with Gasteiger partial charge in [-0.15, -0.1) is 0 Å². The molecule has 0 fully saturated rings. The van der Waals surface area contributed by atoms with Crippen LogP contribution in [0.15, 0.2) is 48.5 Å². The highest BCUT2D eigenvalue weighted by molar-refractivity contribution is 6.30. The zero-order valence-corrected chi connectivity index (χ0v) is 15.5. The molecule has 4 rings (SSSR count). The van der Waals surface area contributed by atoms with Gasteiger partial charge in [-0.3, -0.25) is 9.59 Å². The van der Waals surface area contributed by atoms with Gasteiger partial charge >= 0.3 is 5.97 Å². The van der Waals surface area contributed by atoms with Crippen molar-refractivity contribution in [2.45, 2.75) is 5.92 Å². The van der Waals surface area contributed by atoms with Crippen LogP contribution in [0.2, 0.25) is 0 Å². The number of pyridine rings is 1. The van der Waals surface area contributed by atoms with E-state index in [9.17, 15) is 19.5 Å². The molecular formula is C22H17NO6. The van der Waals surface area contributed by atoms with E-state index in [0.717, 1.165) is 0 Å². The number of hydrogen-bond donors (Lipinski definition) is 1. The average molecular weight is 391 g/mol. The number of benzene rings is 2. The number of aromatic hydroxyl groups is 1. The van der Waals surface area contributed by atoms with E-state index in [1.165, 1.54) is 31.4 Å². The molecule has 0 aliphatic heterocycles. The zero-order valence-electron chi connectivity index (χ0n) is 15.5. The average Bonchev–Trinajstić information content (AvgIpc) is 2.97. The Balaban J connectivity index is 1.69. The first kappa shape index (κ1) is 18.8. The smallest absolute Gasteiger partial charge is 0.338 e. The third-order valence-corrected chi connectivity index (χ3v) is 4.84. The molecule has 1 aromatic heterocycles. The molecule has 29 heavy (non-hydrogen) atoms. The van der Waals surface area contributed by atoms with Gasteiger partial charge in [0.25, 0.3) is 0 Å². The number of fused-ring (bicyclic) bond motifs is 2. The molecule has 1 N–H and O–H groups in total. The molecule has 0 radical (unpaired) electrons. The lowest BCUT2D eigenvalue weighted by molar-refractivity contribution is 0.0388. The van der Waals surface area contributed by atoms with Gasteiger partial charge in [-0.25, -0.2) is 9.78 Å². The summed E-state index contributed by atoms with van der Waals surface area (Å²) in [4.78, 5) is 42.4. The van der Waals surface area contributed by atoms with Crippen molar-refractivity contribution in [1.29, 1.82) is 0 Å². The monoisotopic (exact) mass is 391 g/mol. The van der Waals surface area contributed by atoms with Gasteiger partial charge in [-0.05, 0) is 30.3 Å². The van der Waals surface area contributed by atoms with E-state index >= 15 is 0 Å². The second-order valence-corrected chi connectivity index (χ2v) is 6.64. The van der Waals surface area contributed by atoms with Crippen molar-refractivity contribution in [3.8, 4) is 5.75 Å². The van der Waals surface area contributed by atoms with E-state index < -0.39 is 23.5 Å². The molecule has 0 saturated carbocycles. The summed E-state index contributed by atoms with van der Waals surface area (Å²) in [6.45, 7) is 0.333. The van der Waals surface area contributed by atoms with E-state index in [4.69, 9.17) is 9.47 Å². The summed E-state index contributed by atoms with van der Waals surface area (Å²) in [5.74, 6) is -3.03. The SMILES string of the molecule is COCCOC(=O)c1ccc2c(c1)C(=O)C(c1nc3ccccc3cc1O)C2=O. The Labute approximate surface area is 165 Å². The van der Waals surface area contributed by atoms with Gasteiger partial charge in [0.15, 0.2) is 11.6 Å². The number of carbonyl (C=O) groups excluding carboxylic acids is 3. The van der Waals surface area contributed by atoms with E-state index in [-0.39, 0.29) is 41.3 Å². The predicted octanol–water partition coefficient (Wildman–Crippen LogP) is 2.91. The van der Waals surface area contributed by atoms with Gasteiger partial charge < -0.3 is 14.6 Å². The fraction of sp³-hybridized carbons (Fsp3) is 0.182. The van der Waals surface area contributed by atoms with Crippen molar-refractivity contribution in [2.75, 3.05) is 20.3 Å². The van der Waals surface area contributed by atoms with Crippen LogP contribution >= 0.6 is 0 Å². The quantitative estimate of drug-likeness (QED) is 0.405. The van der Waals surface area contributed by atoms with Crippen LogP contribution in [0.1, 0.15) is 42.7 Å². The van der Waals surface area contributed by atoms with E-state index in [2.05, 4.69) is 4.98 Å². The van der Waals surface area contributed by atoms with Crippen molar-refractivity contribution in [1.82, 2.24) is 4.98 Å². The van der Waals surface area contributed by atoms with Gasteiger partial charge in [0.2, 0.25) is 0 Å². The number of Topliss-reactive ketones (excluding diaryl/α,β-unsaturated/α-hetero) is 2. The number of ether oxygens (including phenoxy) is 2. The molecule has 1 aliphatic rings. The molecule has 1 unspecified atom stereocenters. The van der Waals surface area contributed by atoms with E-state index in [1.807, 2.05) is 0 Å². The van der Waals surface area contributed by atoms with Crippen molar-refractivity contribution in [2.24, 2.45) is 0 Å². The Hall–Kier alpha value is -3.58. The Bertz CT molecular complexity index is 1150. The van der Waals surface area contributed by atoms with Crippen LogP contribution in [-0.2, 0) is 9.47 Å². The van der Waals surface area contributed by atoms with E-state index in [1.54, 1.807) is 24.3 Å². The molecule has 0 amide bonds. The highest BCUT2D eigenvalue weighted by atomic mass is 16.6. The first-order valence-corrected chi connectivity index (χ1v) is 8.98. The van der Waals surface area contributed by atoms with E-state index in [0.29, 0.717) is 10.9 Å². The lowest BCUT2D eigenvalue weighted by atomic mass is 9.97. The number of para-hydroxylation sites is 1. The number of esters is 1. The highest BCUT2D eigenvalue weighted by Gasteiger charge is 2.42. The van der Waals surface area contributed by atoms with Gasteiger partial charge in [-0.2, -0.15) is 0 Å². The fourth-order valence-electron chi connectivity index (χ4n) is 3.40. The number of carbonyl (C=O) groups is 3. The van der Waals surface area contributed by atoms with Crippen LogP contribution in [0, 0.1) is 0 Å². The molecule has 3 aromatic rings. The minimum atomic E-state index is -1.24. The maximum atomic E-state index is 13.0. The van der Waals surface area contributed by atoms with Gasteiger partial charge in [0.05, 0.1) is 17.7 Å². The first-order valence-electron chi connectivity index (χ1n) is 8.98. The third-order valence-electron chi connectivity index (χ3n) is 4.84. The summed E-state index contributed by atoms with van der Waals surface area (Å²) >= 11 is 0. The summed E-state index contributed by atoms with van der Waals surface area (Å²) in [5.41, 5.74) is 1.06. The van der Waals surface area contributed by atoms with Crippen LogP contribution in [0.25, 0.3) is 10.9 Å². The van der Waals surface area contributed by atoms with Crippen LogP contribution in [0.5, 0.6) is 5.75 Å². The molecule has 1 atom stereocenters. The second kappa shape index (κ2) is 7.44. The highest BCUT2D eigenvalue weighted by Crippen LogP contribution is 2.38. The van der Waals surface area contributed by atoms with Crippen molar-refractivity contribution in [3.05, 3.63) is 70.9 Å². The van der Waals surface area contributed by atoms with Crippen LogP contribution in [0.4, 0.5) is 0 Å². The summed E-state index contributed by atoms with van der Waals surface area (Å²) in [5, 5.41) is 11.1. The first-order chi connectivity index (χ1) is 14.0. The number of methoxy groups -OCH3 is 1. The number of ketones is 2. The maximum absolute atomic E-state index is 13.0. The van der Waals surface area contributed by atoms with Crippen molar-refractivity contribution < 1.29 is 29.0 Å². The maximum Gasteiger partial charge on any atom is 0.338 e. The number of aromatic nitrogens is 1. The Morgan fingerprint density at radius 1 is 1.03 bits per heavy atom. The topological polar surface area (TPSA) is 103 Å². The lowest BCUT2D eigenvalue weighted by Gasteiger charge is -2.10. The molecule has 2 aromatic carbocycles. The normalized spacial score (nSPS) is 15.6. The van der Waals surface area contributed by atoms with Gasteiger partial charge in [0.1, 0.15) is 24.0 Å².